The van der Waals surface area contributed by atoms with Crippen LogP contribution in [0.25, 0.3) is 0 Å². The van der Waals surface area contributed by atoms with Gasteiger partial charge < -0.3 is 9.47 Å². The van der Waals surface area contributed by atoms with Crippen LogP contribution in [0.1, 0.15) is 136 Å². The van der Waals surface area contributed by atoms with E-state index >= 15 is 0 Å². The van der Waals surface area contributed by atoms with Crippen molar-refractivity contribution in [1.82, 2.24) is 0 Å². The molecule has 0 fully saturated rings. The predicted molar refractivity (Wildman–Crippen MR) is 131 cm³/mol. The average Bonchev–Trinajstić information content (AvgIpc) is 2.76. The summed E-state index contributed by atoms with van der Waals surface area (Å²) in [5.41, 5.74) is 0. The van der Waals surface area contributed by atoms with E-state index in [0.29, 0.717) is 0 Å². The van der Waals surface area contributed by atoms with Gasteiger partial charge >= 0.3 is 0 Å². The van der Waals surface area contributed by atoms with Gasteiger partial charge in [-0.05, 0) is 43.9 Å². The summed E-state index contributed by atoms with van der Waals surface area (Å²) in [7, 11) is 0. The molecular formula is C28H50O2. The normalized spacial score (nSPS) is 10.5. The summed E-state index contributed by atoms with van der Waals surface area (Å²) < 4.78 is 12.1. The van der Waals surface area contributed by atoms with Gasteiger partial charge in [-0.3, -0.25) is 0 Å². The van der Waals surface area contributed by atoms with Crippen molar-refractivity contribution in [3.8, 4) is 23.7 Å². The van der Waals surface area contributed by atoms with Crippen molar-refractivity contribution in [1.29, 1.82) is 0 Å². The highest BCUT2D eigenvalue weighted by Crippen LogP contribution is 2.14. The number of hydrogen-bond acceptors (Lipinski definition) is 2. The lowest BCUT2D eigenvalue weighted by Crippen LogP contribution is -2.19. The van der Waals surface area contributed by atoms with Crippen LogP contribution in [0, 0.1) is 23.7 Å². The van der Waals surface area contributed by atoms with Gasteiger partial charge in [-0.25, -0.2) is 0 Å². The fraction of sp³-hybridized carbons (Fsp3) is 0.857. The first-order valence-corrected chi connectivity index (χ1v) is 13.0. The highest BCUT2D eigenvalue weighted by atomic mass is 16.7. The lowest BCUT2D eigenvalue weighted by molar-refractivity contribution is -0.148. The molecular weight excluding hydrogens is 368 g/mol. The van der Waals surface area contributed by atoms with E-state index in [0.717, 1.165) is 32.5 Å². The van der Waals surface area contributed by atoms with Crippen LogP contribution >= 0.6 is 0 Å². The fourth-order valence-electron chi connectivity index (χ4n) is 3.35. The van der Waals surface area contributed by atoms with Gasteiger partial charge in [0.15, 0.2) is 6.29 Å². The topological polar surface area (TPSA) is 18.5 Å². The average molecular weight is 419 g/mol. The molecule has 0 aliphatic rings. The van der Waals surface area contributed by atoms with Gasteiger partial charge in [-0.15, -0.1) is 0 Å². The third-order valence-electron chi connectivity index (χ3n) is 5.26. The maximum absolute atomic E-state index is 6.06. The summed E-state index contributed by atoms with van der Waals surface area (Å²) in [6, 6.07) is 0. The minimum atomic E-state index is 0.0163. The van der Waals surface area contributed by atoms with Crippen LogP contribution in [0.4, 0.5) is 0 Å². The quantitative estimate of drug-likeness (QED) is 0.106. The Morgan fingerprint density at radius 3 is 1.60 bits per heavy atom. The summed E-state index contributed by atoms with van der Waals surface area (Å²) in [5.74, 6) is 11.9. The maximum atomic E-state index is 6.06. The smallest absolute Gasteiger partial charge is 0.157 e. The summed E-state index contributed by atoms with van der Waals surface area (Å²) in [6.45, 7) is 8.26. The zero-order valence-electron chi connectivity index (χ0n) is 20.5. The van der Waals surface area contributed by atoms with Crippen molar-refractivity contribution in [3.63, 3.8) is 0 Å². The Morgan fingerprint density at radius 2 is 1.03 bits per heavy atom. The molecule has 0 radical (unpaired) electrons. The van der Waals surface area contributed by atoms with Gasteiger partial charge in [0.25, 0.3) is 0 Å². The lowest BCUT2D eigenvalue weighted by Gasteiger charge is -2.19. The Bertz CT molecular complexity index is 435. The van der Waals surface area contributed by atoms with Crippen molar-refractivity contribution >= 4 is 0 Å². The van der Waals surface area contributed by atoms with Crippen molar-refractivity contribution < 1.29 is 9.47 Å². The number of unbranched alkanes of at least 4 members (excludes halogenated alkanes) is 13. The van der Waals surface area contributed by atoms with Gasteiger partial charge in [0.1, 0.15) is 0 Å². The Morgan fingerprint density at radius 1 is 0.533 bits per heavy atom. The fourth-order valence-corrected chi connectivity index (χ4v) is 3.35. The Hall–Kier alpha value is -0.960. The number of rotatable bonds is 21. The summed E-state index contributed by atoms with van der Waals surface area (Å²) in [4.78, 5) is 0. The molecule has 0 saturated carbocycles. The molecule has 0 N–H and O–H groups in total. The second-order valence-corrected chi connectivity index (χ2v) is 8.26. The molecule has 0 rings (SSSR count). The van der Waals surface area contributed by atoms with E-state index in [1.807, 2.05) is 0 Å². The van der Waals surface area contributed by atoms with Crippen LogP contribution in [-0.4, -0.2) is 19.5 Å². The van der Waals surface area contributed by atoms with E-state index in [1.54, 1.807) is 0 Å². The van der Waals surface area contributed by atoms with Gasteiger partial charge in [-0.2, -0.15) is 0 Å². The predicted octanol–water partition coefficient (Wildman–Crippen LogP) is 8.43. The molecule has 2 nitrogen and oxygen atoms in total. The molecule has 30 heavy (non-hydrogen) atoms. The third-order valence-corrected chi connectivity index (χ3v) is 5.26. The summed E-state index contributed by atoms with van der Waals surface area (Å²) >= 11 is 0. The highest BCUT2D eigenvalue weighted by Gasteiger charge is 2.09. The monoisotopic (exact) mass is 418 g/mol. The van der Waals surface area contributed by atoms with Gasteiger partial charge in [0.2, 0.25) is 0 Å². The van der Waals surface area contributed by atoms with Crippen LogP contribution in [0.3, 0.4) is 0 Å². The van der Waals surface area contributed by atoms with E-state index in [2.05, 4.69) is 44.5 Å². The molecule has 174 valence electrons. The van der Waals surface area contributed by atoms with Crippen molar-refractivity contribution in [2.45, 2.75) is 143 Å². The first-order valence-electron chi connectivity index (χ1n) is 13.0. The molecule has 0 unspecified atom stereocenters. The van der Waals surface area contributed by atoms with E-state index in [1.165, 1.54) is 96.3 Å². The largest absolute Gasteiger partial charge is 0.353 e. The molecule has 2 heteroatoms. The zero-order valence-corrected chi connectivity index (χ0v) is 20.5. The highest BCUT2D eigenvalue weighted by molar-refractivity contribution is 5.25. The van der Waals surface area contributed by atoms with Crippen LogP contribution in [0.15, 0.2) is 0 Å². The molecule has 0 aromatic heterocycles. The molecule has 0 saturated heterocycles. The molecule has 0 aliphatic carbocycles. The molecule has 0 heterocycles. The minimum Gasteiger partial charge on any atom is -0.353 e. The van der Waals surface area contributed by atoms with Crippen LogP contribution in [-0.2, 0) is 9.47 Å². The van der Waals surface area contributed by atoms with Crippen LogP contribution in [0.5, 0.6) is 0 Å². The second kappa shape index (κ2) is 26.1. The Kier molecular flexibility index (Phi) is 25.2. The molecule has 0 atom stereocenters. The third kappa shape index (κ3) is 23.3. The van der Waals surface area contributed by atoms with E-state index in [4.69, 9.17) is 9.47 Å². The Balaban J connectivity index is 3.73. The van der Waals surface area contributed by atoms with Gasteiger partial charge in [-0.1, -0.05) is 103 Å². The second-order valence-electron chi connectivity index (χ2n) is 8.26. The van der Waals surface area contributed by atoms with Crippen molar-refractivity contribution in [2.24, 2.45) is 0 Å². The maximum Gasteiger partial charge on any atom is 0.157 e. The minimum absolute atomic E-state index is 0.0163. The van der Waals surface area contributed by atoms with Gasteiger partial charge in [0.05, 0.1) is 0 Å². The molecule has 0 aromatic carbocycles. The molecule has 0 aromatic rings. The van der Waals surface area contributed by atoms with Crippen molar-refractivity contribution in [3.05, 3.63) is 0 Å². The van der Waals surface area contributed by atoms with E-state index in [9.17, 15) is 0 Å². The SMILES string of the molecule is CCC#CC#CCCCCCCCCCC(OCCCCCC)OCCCCCC. The van der Waals surface area contributed by atoms with E-state index < -0.39 is 0 Å². The molecule has 0 bridgehead atoms. The van der Waals surface area contributed by atoms with Crippen molar-refractivity contribution in [2.75, 3.05) is 13.2 Å². The Labute approximate surface area is 189 Å². The molecule has 0 spiro atoms. The summed E-state index contributed by atoms with van der Waals surface area (Å²) in [6.07, 6.45) is 22.0. The van der Waals surface area contributed by atoms with Gasteiger partial charge in [0, 0.05) is 26.1 Å². The molecule has 0 amide bonds. The first-order chi connectivity index (χ1) is 14.8. The van der Waals surface area contributed by atoms with Crippen LogP contribution in [0.2, 0.25) is 0 Å². The lowest BCUT2D eigenvalue weighted by atomic mass is 10.1. The zero-order chi connectivity index (χ0) is 22.0. The van der Waals surface area contributed by atoms with E-state index in [-0.39, 0.29) is 6.29 Å². The first kappa shape index (κ1) is 29.0. The number of hydrogen-bond donors (Lipinski definition) is 0. The standard InChI is InChI=1S/C28H50O2/c1-4-7-10-13-14-15-16-17-18-19-20-21-22-25-28(29-26-23-11-8-5-2)30-27-24-12-9-6-3/h28H,4-6,8-9,11-12,15-27H2,1-3H3. The van der Waals surface area contributed by atoms with Crippen LogP contribution < -0.4 is 0 Å². The molecule has 0 aliphatic heterocycles. The number of ether oxygens (including phenoxy) is 2. The summed E-state index contributed by atoms with van der Waals surface area (Å²) in [5, 5.41) is 0.